The van der Waals surface area contributed by atoms with Gasteiger partial charge in [-0.1, -0.05) is 97.9 Å². The Morgan fingerprint density at radius 2 is 1.34 bits per heavy atom. The molecule has 4 atom stereocenters. The first-order valence-electron chi connectivity index (χ1n) is 11.4. The number of carbonyl (C=O) groups is 1. The SMILES string of the molecule is CC(CC(=O)N[C@@H](Cc1ccccc1)[C@@H](O)CNC(C)c1ccccc1)c1ccccc1. The lowest BCUT2D eigenvalue weighted by Gasteiger charge is -2.27. The highest BCUT2D eigenvalue weighted by Crippen LogP contribution is 2.19. The number of carbonyl (C=O) groups excluding carboxylic acids is 1. The van der Waals surface area contributed by atoms with Gasteiger partial charge in [0.1, 0.15) is 0 Å². The predicted molar refractivity (Wildman–Crippen MR) is 130 cm³/mol. The first-order chi connectivity index (χ1) is 15.5. The van der Waals surface area contributed by atoms with E-state index in [0.717, 1.165) is 11.1 Å². The lowest BCUT2D eigenvalue weighted by atomic mass is 9.96. The fraction of sp³-hybridized carbons (Fsp3) is 0.321. The highest BCUT2D eigenvalue weighted by molar-refractivity contribution is 5.77. The Bertz CT molecular complexity index is 931. The van der Waals surface area contributed by atoms with Crippen LogP contribution in [0.4, 0.5) is 0 Å². The van der Waals surface area contributed by atoms with E-state index in [2.05, 4.69) is 36.6 Å². The monoisotopic (exact) mass is 430 g/mol. The Kier molecular flexibility index (Phi) is 9.02. The zero-order valence-corrected chi connectivity index (χ0v) is 18.9. The van der Waals surface area contributed by atoms with E-state index in [9.17, 15) is 9.90 Å². The van der Waals surface area contributed by atoms with Crippen molar-refractivity contribution in [3.05, 3.63) is 108 Å². The third-order valence-corrected chi connectivity index (χ3v) is 5.90. The van der Waals surface area contributed by atoms with Crippen molar-refractivity contribution in [3.8, 4) is 0 Å². The summed E-state index contributed by atoms with van der Waals surface area (Å²) < 4.78 is 0. The van der Waals surface area contributed by atoms with E-state index < -0.39 is 6.10 Å². The molecule has 3 aromatic carbocycles. The number of aliphatic hydroxyl groups is 1. The Labute approximate surface area is 191 Å². The molecule has 0 bridgehead atoms. The molecule has 4 nitrogen and oxygen atoms in total. The van der Waals surface area contributed by atoms with Gasteiger partial charge in [0.25, 0.3) is 0 Å². The third kappa shape index (κ3) is 7.33. The van der Waals surface area contributed by atoms with E-state index in [4.69, 9.17) is 0 Å². The summed E-state index contributed by atoms with van der Waals surface area (Å²) in [5, 5.41) is 17.5. The summed E-state index contributed by atoms with van der Waals surface area (Å²) in [7, 11) is 0. The number of nitrogens with one attached hydrogen (secondary N) is 2. The molecule has 0 fully saturated rings. The molecular weight excluding hydrogens is 396 g/mol. The Hall–Kier alpha value is -2.95. The second kappa shape index (κ2) is 12.2. The van der Waals surface area contributed by atoms with Crippen LogP contribution in [0.3, 0.4) is 0 Å². The molecule has 0 radical (unpaired) electrons. The fourth-order valence-electron chi connectivity index (χ4n) is 3.89. The minimum atomic E-state index is -0.711. The Morgan fingerprint density at radius 1 is 0.812 bits per heavy atom. The van der Waals surface area contributed by atoms with Crippen LogP contribution in [0.25, 0.3) is 0 Å². The summed E-state index contributed by atoms with van der Waals surface area (Å²) in [6.45, 7) is 4.52. The number of benzene rings is 3. The maximum Gasteiger partial charge on any atom is 0.220 e. The number of amides is 1. The number of hydrogen-bond acceptors (Lipinski definition) is 3. The van der Waals surface area contributed by atoms with Gasteiger partial charge < -0.3 is 15.7 Å². The minimum Gasteiger partial charge on any atom is -0.390 e. The van der Waals surface area contributed by atoms with Gasteiger partial charge in [0.2, 0.25) is 5.91 Å². The maximum absolute atomic E-state index is 12.8. The fourth-order valence-corrected chi connectivity index (χ4v) is 3.89. The van der Waals surface area contributed by atoms with Gasteiger partial charge in [-0.25, -0.2) is 0 Å². The molecule has 0 spiro atoms. The molecule has 3 aromatic rings. The van der Waals surface area contributed by atoms with Crippen LogP contribution in [0.1, 0.15) is 48.9 Å². The van der Waals surface area contributed by atoms with Crippen LogP contribution in [0.2, 0.25) is 0 Å². The third-order valence-electron chi connectivity index (χ3n) is 5.90. The van der Waals surface area contributed by atoms with Crippen molar-refractivity contribution in [2.75, 3.05) is 6.54 Å². The first-order valence-corrected chi connectivity index (χ1v) is 11.4. The average Bonchev–Trinajstić information content (AvgIpc) is 2.83. The van der Waals surface area contributed by atoms with E-state index in [1.807, 2.05) is 78.9 Å². The molecule has 0 saturated carbocycles. The van der Waals surface area contributed by atoms with E-state index in [1.54, 1.807) is 0 Å². The van der Waals surface area contributed by atoms with Crippen molar-refractivity contribution < 1.29 is 9.90 Å². The molecule has 1 amide bonds. The normalized spacial score (nSPS) is 14.8. The average molecular weight is 431 g/mol. The summed E-state index contributed by atoms with van der Waals surface area (Å²) in [6, 6.07) is 29.9. The van der Waals surface area contributed by atoms with Crippen molar-refractivity contribution in [3.63, 3.8) is 0 Å². The molecule has 4 heteroatoms. The number of hydrogen-bond donors (Lipinski definition) is 3. The predicted octanol–water partition coefficient (Wildman–Crippen LogP) is 4.62. The van der Waals surface area contributed by atoms with Crippen LogP contribution < -0.4 is 10.6 Å². The molecule has 168 valence electrons. The van der Waals surface area contributed by atoms with Gasteiger partial charge in [-0.3, -0.25) is 4.79 Å². The van der Waals surface area contributed by atoms with Gasteiger partial charge in [-0.15, -0.1) is 0 Å². The molecule has 0 aliphatic rings. The molecule has 0 heterocycles. The summed E-state index contributed by atoms with van der Waals surface area (Å²) in [4.78, 5) is 12.8. The molecule has 0 saturated heterocycles. The lowest BCUT2D eigenvalue weighted by molar-refractivity contribution is -0.123. The molecule has 3 N–H and O–H groups in total. The van der Waals surface area contributed by atoms with Crippen molar-refractivity contribution in [1.29, 1.82) is 0 Å². The molecule has 0 aliphatic heterocycles. The summed E-state index contributed by atoms with van der Waals surface area (Å²) >= 11 is 0. The highest BCUT2D eigenvalue weighted by atomic mass is 16.3. The molecule has 3 rings (SSSR count). The van der Waals surface area contributed by atoms with Crippen LogP contribution in [-0.2, 0) is 11.2 Å². The summed E-state index contributed by atoms with van der Waals surface area (Å²) in [5.41, 5.74) is 3.39. The molecule has 2 unspecified atom stereocenters. The largest absolute Gasteiger partial charge is 0.390 e. The smallest absolute Gasteiger partial charge is 0.220 e. The first kappa shape index (κ1) is 23.7. The van der Waals surface area contributed by atoms with Crippen LogP contribution in [0.5, 0.6) is 0 Å². The van der Waals surface area contributed by atoms with Gasteiger partial charge in [0.05, 0.1) is 12.1 Å². The van der Waals surface area contributed by atoms with Crippen molar-refractivity contribution in [2.24, 2.45) is 0 Å². The van der Waals surface area contributed by atoms with Crippen LogP contribution >= 0.6 is 0 Å². The van der Waals surface area contributed by atoms with Crippen LogP contribution in [-0.4, -0.2) is 29.7 Å². The second-order valence-corrected chi connectivity index (χ2v) is 8.49. The lowest BCUT2D eigenvalue weighted by Crippen LogP contribution is -2.49. The Morgan fingerprint density at radius 3 is 1.94 bits per heavy atom. The standard InChI is InChI=1S/C28H34N2O2/c1-21(24-14-8-4-9-15-24)18-28(32)30-26(19-23-12-6-3-7-13-23)27(31)20-29-22(2)25-16-10-5-11-17-25/h3-17,21-22,26-27,29,31H,18-20H2,1-2H3,(H,30,32)/t21?,22?,26-,27-/m0/s1. The van der Waals surface area contributed by atoms with Crippen molar-refractivity contribution in [2.45, 2.75) is 50.8 Å². The van der Waals surface area contributed by atoms with Crippen molar-refractivity contribution >= 4 is 5.91 Å². The van der Waals surface area contributed by atoms with E-state index in [-0.39, 0.29) is 23.9 Å². The summed E-state index contributed by atoms with van der Waals surface area (Å²) in [5.74, 6) is 0.0689. The summed E-state index contributed by atoms with van der Waals surface area (Å²) in [6.07, 6.45) is 0.252. The van der Waals surface area contributed by atoms with Crippen LogP contribution in [0, 0.1) is 0 Å². The van der Waals surface area contributed by atoms with Gasteiger partial charge >= 0.3 is 0 Å². The topological polar surface area (TPSA) is 61.4 Å². The molecule has 32 heavy (non-hydrogen) atoms. The molecular formula is C28H34N2O2. The van der Waals surface area contributed by atoms with Crippen LogP contribution in [0.15, 0.2) is 91.0 Å². The van der Waals surface area contributed by atoms with Gasteiger partial charge in [-0.05, 0) is 36.0 Å². The van der Waals surface area contributed by atoms with Gasteiger partial charge in [0.15, 0.2) is 0 Å². The second-order valence-electron chi connectivity index (χ2n) is 8.49. The number of aliphatic hydroxyl groups excluding tert-OH is 1. The maximum atomic E-state index is 12.8. The minimum absolute atomic E-state index is 0.0440. The molecule has 0 aromatic heterocycles. The zero-order valence-electron chi connectivity index (χ0n) is 18.9. The van der Waals surface area contributed by atoms with E-state index in [0.29, 0.717) is 19.4 Å². The van der Waals surface area contributed by atoms with E-state index in [1.165, 1.54) is 5.56 Å². The van der Waals surface area contributed by atoms with Gasteiger partial charge in [-0.2, -0.15) is 0 Å². The van der Waals surface area contributed by atoms with Crippen molar-refractivity contribution in [1.82, 2.24) is 10.6 Å². The molecule has 0 aliphatic carbocycles. The van der Waals surface area contributed by atoms with Gasteiger partial charge in [0, 0.05) is 19.0 Å². The number of rotatable bonds is 11. The highest BCUT2D eigenvalue weighted by Gasteiger charge is 2.23. The zero-order chi connectivity index (χ0) is 22.8. The quantitative estimate of drug-likeness (QED) is 0.416. The Balaban J connectivity index is 1.62. The van der Waals surface area contributed by atoms with E-state index >= 15 is 0 Å².